The molecule has 0 bridgehead atoms. The highest BCUT2D eigenvalue weighted by molar-refractivity contribution is 7.89. The van der Waals surface area contributed by atoms with E-state index in [-0.39, 0.29) is 11.5 Å². The average molecular weight is 452 g/mol. The Bertz CT molecular complexity index is 941. The van der Waals surface area contributed by atoms with E-state index < -0.39 is 28.1 Å². The number of rotatable bonds is 12. The van der Waals surface area contributed by atoms with Crippen molar-refractivity contribution in [3.63, 3.8) is 0 Å². The third-order valence-electron chi connectivity index (χ3n) is 4.65. The normalized spacial score (nSPS) is 13.7. The Hall–Kier alpha value is -2.46. The lowest BCUT2D eigenvalue weighted by Gasteiger charge is -2.20. The molecule has 0 heterocycles. The van der Waals surface area contributed by atoms with Crippen LogP contribution >= 0.6 is 0 Å². The topological polar surface area (TPSA) is 122 Å². The highest BCUT2D eigenvalue weighted by Crippen LogP contribution is 2.24. The summed E-state index contributed by atoms with van der Waals surface area (Å²) in [6.07, 6.45) is -0.783. The fourth-order valence-electron chi connectivity index (χ4n) is 2.76. The second kappa shape index (κ2) is 11.2. The van der Waals surface area contributed by atoms with Crippen molar-refractivity contribution in [1.82, 2.24) is 4.72 Å². The molecule has 0 spiro atoms. The van der Waals surface area contributed by atoms with E-state index in [1.807, 2.05) is 26.0 Å². The molecule has 0 aliphatic heterocycles. The third kappa shape index (κ3) is 7.32. The zero-order valence-corrected chi connectivity index (χ0v) is 18.6. The summed E-state index contributed by atoms with van der Waals surface area (Å²) in [5.74, 6) is -0.385. The predicted molar refractivity (Wildman–Crippen MR) is 116 cm³/mol. The molecule has 0 aliphatic rings. The maximum Gasteiger partial charge on any atom is 0.324 e. The molecular weight excluding hydrogens is 422 g/mol. The van der Waals surface area contributed by atoms with E-state index in [9.17, 15) is 23.4 Å². The van der Waals surface area contributed by atoms with Gasteiger partial charge in [0.05, 0.1) is 18.6 Å². The zero-order chi connectivity index (χ0) is 23.0. The first-order chi connectivity index (χ1) is 14.6. The number of aliphatic hydroxyl groups is 1. The first kappa shape index (κ1) is 24.8. The van der Waals surface area contributed by atoms with Crippen molar-refractivity contribution < 1.29 is 32.9 Å². The van der Waals surface area contributed by atoms with Gasteiger partial charge in [0.25, 0.3) is 0 Å². The maximum absolute atomic E-state index is 12.7. The van der Waals surface area contributed by atoms with Gasteiger partial charge in [-0.05, 0) is 47.7 Å². The van der Waals surface area contributed by atoms with E-state index in [4.69, 9.17) is 9.47 Å². The Morgan fingerprint density at radius 3 is 2.06 bits per heavy atom. The van der Waals surface area contributed by atoms with Crippen LogP contribution in [0, 0.1) is 5.92 Å². The smallest absolute Gasteiger partial charge is 0.324 e. The van der Waals surface area contributed by atoms with Gasteiger partial charge in [-0.2, -0.15) is 4.72 Å². The van der Waals surface area contributed by atoms with Crippen LogP contribution in [-0.2, 0) is 19.6 Å². The molecular formula is C22H29NO7S. The Kier molecular flexibility index (Phi) is 9.00. The SMILES string of the molecule is COc1ccc(-c2ccc(S(=O)(=O)N[C@@H](C(=O)O)[C@H](O)COCCC(C)C)cc2)cc1. The summed E-state index contributed by atoms with van der Waals surface area (Å²) in [7, 11) is -2.60. The van der Waals surface area contributed by atoms with Crippen LogP contribution < -0.4 is 9.46 Å². The van der Waals surface area contributed by atoms with Gasteiger partial charge in [0, 0.05) is 6.61 Å². The van der Waals surface area contributed by atoms with Crippen molar-refractivity contribution in [2.24, 2.45) is 5.92 Å². The van der Waals surface area contributed by atoms with Crippen molar-refractivity contribution in [2.75, 3.05) is 20.3 Å². The molecule has 2 aromatic rings. The molecule has 0 fully saturated rings. The largest absolute Gasteiger partial charge is 0.497 e. The Balaban J connectivity index is 2.08. The molecule has 0 unspecified atom stereocenters. The number of nitrogens with one attached hydrogen (secondary N) is 1. The summed E-state index contributed by atoms with van der Waals surface area (Å²) < 4.78 is 37.8. The molecule has 0 aliphatic carbocycles. The van der Waals surface area contributed by atoms with Gasteiger partial charge < -0.3 is 19.7 Å². The first-order valence-electron chi connectivity index (χ1n) is 9.89. The summed E-state index contributed by atoms with van der Waals surface area (Å²) in [6, 6.07) is 11.6. The number of sulfonamides is 1. The lowest BCUT2D eigenvalue weighted by Crippen LogP contribution is -2.50. The van der Waals surface area contributed by atoms with Crippen molar-refractivity contribution >= 4 is 16.0 Å². The summed E-state index contributed by atoms with van der Waals surface area (Å²) in [6.45, 7) is 4.07. The van der Waals surface area contributed by atoms with Gasteiger partial charge in [-0.25, -0.2) is 8.42 Å². The number of hydrogen-bond donors (Lipinski definition) is 3. The molecule has 2 aromatic carbocycles. The Morgan fingerprint density at radius 2 is 1.58 bits per heavy atom. The molecule has 0 amide bonds. The molecule has 2 atom stereocenters. The molecule has 9 heteroatoms. The number of carboxylic acids is 1. The quantitative estimate of drug-likeness (QED) is 0.424. The number of benzene rings is 2. The minimum Gasteiger partial charge on any atom is -0.497 e. The fourth-order valence-corrected chi connectivity index (χ4v) is 3.98. The number of carbonyl (C=O) groups is 1. The van der Waals surface area contributed by atoms with E-state index in [0.29, 0.717) is 18.3 Å². The van der Waals surface area contributed by atoms with Crippen LogP contribution in [0.25, 0.3) is 11.1 Å². The molecule has 31 heavy (non-hydrogen) atoms. The van der Waals surface area contributed by atoms with E-state index in [1.165, 1.54) is 12.1 Å². The van der Waals surface area contributed by atoms with E-state index in [1.54, 1.807) is 31.4 Å². The summed E-state index contributed by atoms with van der Waals surface area (Å²) >= 11 is 0. The van der Waals surface area contributed by atoms with Crippen molar-refractivity contribution in [3.8, 4) is 16.9 Å². The van der Waals surface area contributed by atoms with Crippen molar-refractivity contribution in [3.05, 3.63) is 48.5 Å². The molecule has 0 aromatic heterocycles. The molecule has 170 valence electrons. The van der Waals surface area contributed by atoms with Gasteiger partial charge >= 0.3 is 5.97 Å². The third-order valence-corrected chi connectivity index (χ3v) is 6.11. The van der Waals surface area contributed by atoms with Gasteiger partial charge in [0.15, 0.2) is 0 Å². The number of ether oxygens (including phenoxy) is 2. The summed E-state index contributed by atoms with van der Waals surface area (Å²) in [5.41, 5.74) is 1.66. The number of methoxy groups -OCH3 is 1. The van der Waals surface area contributed by atoms with Gasteiger partial charge in [-0.3, -0.25) is 4.79 Å². The highest BCUT2D eigenvalue weighted by atomic mass is 32.2. The van der Waals surface area contributed by atoms with E-state index in [2.05, 4.69) is 4.72 Å². The fraction of sp³-hybridized carbons (Fsp3) is 0.409. The van der Waals surface area contributed by atoms with Crippen molar-refractivity contribution in [2.45, 2.75) is 37.3 Å². The molecule has 3 N–H and O–H groups in total. The van der Waals surface area contributed by atoms with Gasteiger partial charge in [0.2, 0.25) is 10.0 Å². The van der Waals surface area contributed by atoms with Crippen LogP contribution in [-0.4, -0.2) is 57.1 Å². The Morgan fingerprint density at radius 1 is 1.03 bits per heavy atom. The van der Waals surface area contributed by atoms with Crippen LogP contribution in [0.2, 0.25) is 0 Å². The van der Waals surface area contributed by atoms with Crippen LogP contribution in [0.5, 0.6) is 5.75 Å². The molecule has 0 radical (unpaired) electrons. The van der Waals surface area contributed by atoms with Gasteiger partial charge in [0.1, 0.15) is 17.9 Å². The van der Waals surface area contributed by atoms with Gasteiger partial charge in [-0.1, -0.05) is 38.1 Å². The van der Waals surface area contributed by atoms with Crippen LogP contribution in [0.3, 0.4) is 0 Å². The number of aliphatic carboxylic acids is 1. The second-order valence-electron chi connectivity index (χ2n) is 7.51. The van der Waals surface area contributed by atoms with Crippen LogP contribution in [0.4, 0.5) is 0 Å². The molecule has 0 saturated carbocycles. The summed E-state index contributed by atoms with van der Waals surface area (Å²) in [5, 5.41) is 19.5. The van der Waals surface area contributed by atoms with E-state index >= 15 is 0 Å². The van der Waals surface area contributed by atoms with Crippen LogP contribution in [0.1, 0.15) is 20.3 Å². The Labute approximate surface area is 182 Å². The van der Waals surface area contributed by atoms with Crippen LogP contribution in [0.15, 0.2) is 53.4 Å². The highest BCUT2D eigenvalue weighted by Gasteiger charge is 2.32. The molecule has 2 rings (SSSR count). The standard InChI is InChI=1S/C22H29NO7S/c1-15(2)12-13-30-14-20(24)21(22(25)26)23-31(27,28)19-10-6-17(7-11-19)16-4-8-18(29-3)9-5-16/h4-11,15,20-21,23-24H,12-14H2,1-3H3,(H,25,26)/t20-,21-/m1/s1. The molecule has 8 nitrogen and oxygen atoms in total. The minimum absolute atomic E-state index is 0.107. The average Bonchev–Trinajstić information content (AvgIpc) is 2.75. The maximum atomic E-state index is 12.7. The number of hydrogen-bond acceptors (Lipinski definition) is 6. The lowest BCUT2D eigenvalue weighted by molar-refractivity contribution is -0.143. The first-order valence-corrected chi connectivity index (χ1v) is 11.4. The van der Waals surface area contributed by atoms with Crippen molar-refractivity contribution in [1.29, 1.82) is 0 Å². The van der Waals surface area contributed by atoms with E-state index in [0.717, 1.165) is 17.5 Å². The zero-order valence-electron chi connectivity index (χ0n) is 17.8. The predicted octanol–water partition coefficient (Wildman–Crippen LogP) is 2.52. The number of aliphatic hydroxyl groups excluding tert-OH is 1. The molecule has 0 saturated heterocycles. The lowest BCUT2D eigenvalue weighted by atomic mass is 10.1. The minimum atomic E-state index is -4.17. The summed E-state index contributed by atoms with van der Waals surface area (Å²) in [4.78, 5) is 11.4. The monoisotopic (exact) mass is 451 g/mol. The number of carboxylic acid groups (broad SMARTS) is 1. The van der Waals surface area contributed by atoms with Gasteiger partial charge in [-0.15, -0.1) is 0 Å². The second-order valence-corrected chi connectivity index (χ2v) is 9.23.